The third-order valence-corrected chi connectivity index (χ3v) is 1.61. The lowest BCUT2D eigenvalue weighted by atomic mass is 10.3. The van der Waals surface area contributed by atoms with Gasteiger partial charge in [-0.25, -0.2) is 0 Å². The minimum atomic E-state index is 0.539. The molecule has 0 atom stereocenters. The van der Waals surface area contributed by atoms with Crippen LogP contribution in [0, 0.1) is 0 Å². The lowest BCUT2D eigenvalue weighted by Crippen LogP contribution is -2.04. The number of ether oxygens (including phenoxy) is 3. The molecule has 72 valence electrons. The molecule has 0 amide bonds. The number of hydrogen-bond acceptors (Lipinski definition) is 3. The number of hydrogen-bond donors (Lipinski definition) is 0. The van der Waals surface area contributed by atoms with Gasteiger partial charge in [0.15, 0.2) is 11.5 Å². The van der Waals surface area contributed by atoms with Crippen molar-refractivity contribution in [3.63, 3.8) is 0 Å². The molecule has 13 heavy (non-hydrogen) atoms. The summed E-state index contributed by atoms with van der Waals surface area (Å²) in [4.78, 5) is 0. The highest BCUT2D eigenvalue weighted by molar-refractivity contribution is 5.39. The molecule has 1 rings (SSSR count). The standard InChI is InChI=1S/C10H14O3/c1-11-7-8-13-10-6-4-3-5-9(10)12-2/h3-6H,7-8H2,1-2H3. The van der Waals surface area contributed by atoms with Gasteiger partial charge in [-0.05, 0) is 12.1 Å². The van der Waals surface area contributed by atoms with Crippen molar-refractivity contribution in [2.24, 2.45) is 0 Å². The first-order chi connectivity index (χ1) is 6.38. The Labute approximate surface area is 78.2 Å². The summed E-state index contributed by atoms with van der Waals surface area (Å²) in [5, 5.41) is 0. The van der Waals surface area contributed by atoms with Crippen molar-refractivity contribution in [1.82, 2.24) is 0 Å². The number of rotatable bonds is 5. The molecule has 0 N–H and O–H groups in total. The molecule has 0 saturated carbocycles. The zero-order chi connectivity index (χ0) is 9.52. The molecule has 1 aromatic rings. The zero-order valence-corrected chi connectivity index (χ0v) is 7.95. The summed E-state index contributed by atoms with van der Waals surface area (Å²) in [5.74, 6) is 1.50. The highest BCUT2D eigenvalue weighted by Crippen LogP contribution is 2.25. The Kier molecular flexibility index (Phi) is 4.12. The van der Waals surface area contributed by atoms with Gasteiger partial charge in [0.2, 0.25) is 0 Å². The lowest BCUT2D eigenvalue weighted by Gasteiger charge is -2.09. The molecule has 0 aliphatic heterocycles. The average molecular weight is 182 g/mol. The molecule has 0 fully saturated rings. The molecule has 0 bridgehead atoms. The van der Waals surface area contributed by atoms with Gasteiger partial charge in [-0.3, -0.25) is 0 Å². The first-order valence-electron chi connectivity index (χ1n) is 4.13. The Bertz CT molecular complexity index is 248. The second kappa shape index (κ2) is 5.43. The van der Waals surface area contributed by atoms with Crippen LogP contribution in [0.25, 0.3) is 0 Å². The van der Waals surface area contributed by atoms with E-state index in [0.717, 1.165) is 11.5 Å². The van der Waals surface area contributed by atoms with Crippen LogP contribution in [0.15, 0.2) is 24.3 Å². The largest absolute Gasteiger partial charge is 0.493 e. The number of para-hydroxylation sites is 2. The van der Waals surface area contributed by atoms with Crippen molar-refractivity contribution in [3.8, 4) is 11.5 Å². The molecule has 1 aromatic carbocycles. The number of methoxy groups -OCH3 is 2. The minimum absolute atomic E-state index is 0.539. The zero-order valence-electron chi connectivity index (χ0n) is 7.95. The van der Waals surface area contributed by atoms with Gasteiger partial charge in [-0.15, -0.1) is 0 Å². The quantitative estimate of drug-likeness (QED) is 0.649. The van der Waals surface area contributed by atoms with Gasteiger partial charge in [0.05, 0.1) is 13.7 Å². The summed E-state index contributed by atoms with van der Waals surface area (Å²) in [5.41, 5.74) is 0. The van der Waals surface area contributed by atoms with Gasteiger partial charge in [-0.1, -0.05) is 12.1 Å². The monoisotopic (exact) mass is 182 g/mol. The fraction of sp³-hybridized carbons (Fsp3) is 0.400. The van der Waals surface area contributed by atoms with E-state index >= 15 is 0 Å². The molecule has 0 aromatic heterocycles. The van der Waals surface area contributed by atoms with Crippen LogP contribution in [0.5, 0.6) is 11.5 Å². The van der Waals surface area contributed by atoms with E-state index in [4.69, 9.17) is 14.2 Å². The maximum atomic E-state index is 5.42. The highest BCUT2D eigenvalue weighted by atomic mass is 16.5. The molecule has 0 unspecified atom stereocenters. The average Bonchev–Trinajstić information content (AvgIpc) is 2.19. The Balaban J connectivity index is 2.54. The topological polar surface area (TPSA) is 27.7 Å². The van der Waals surface area contributed by atoms with Crippen molar-refractivity contribution in [2.45, 2.75) is 0 Å². The maximum Gasteiger partial charge on any atom is 0.161 e. The van der Waals surface area contributed by atoms with Gasteiger partial charge in [-0.2, -0.15) is 0 Å². The second-order valence-corrected chi connectivity index (χ2v) is 2.49. The van der Waals surface area contributed by atoms with Crippen molar-refractivity contribution < 1.29 is 14.2 Å². The first-order valence-corrected chi connectivity index (χ1v) is 4.13. The predicted molar refractivity (Wildman–Crippen MR) is 50.4 cm³/mol. The van der Waals surface area contributed by atoms with Crippen LogP contribution in [0.1, 0.15) is 0 Å². The summed E-state index contributed by atoms with van der Waals surface area (Å²) < 4.78 is 15.4. The molecule has 3 nitrogen and oxygen atoms in total. The van der Waals surface area contributed by atoms with E-state index in [1.54, 1.807) is 14.2 Å². The minimum Gasteiger partial charge on any atom is -0.493 e. The van der Waals surface area contributed by atoms with Gasteiger partial charge in [0, 0.05) is 7.11 Å². The Hall–Kier alpha value is -1.22. The van der Waals surface area contributed by atoms with E-state index in [-0.39, 0.29) is 0 Å². The van der Waals surface area contributed by atoms with Crippen molar-refractivity contribution in [1.29, 1.82) is 0 Å². The highest BCUT2D eigenvalue weighted by Gasteiger charge is 2.00. The molecule has 0 aliphatic rings. The van der Waals surface area contributed by atoms with Gasteiger partial charge >= 0.3 is 0 Å². The summed E-state index contributed by atoms with van der Waals surface area (Å²) in [6.45, 7) is 1.12. The van der Waals surface area contributed by atoms with Crippen LogP contribution < -0.4 is 9.47 Å². The van der Waals surface area contributed by atoms with E-state index in [0.29, 0.717) is 13.2 Å². The van der Waals surface area contributed by atoms with Crippen molar-refractivity contribution >= 4 is 0 Å². The van der Waals surface area contributed by atoms with Crippen LogP contribution >= 0.6 is 0 Å². The SMILES string of the molecule is COCCOc1ccccc1OC. The normalized spacial score (nSPS) is 9.69. The summed E-state index contributed by atoms with van der Waals surface area (Å²) in [6.07, 6.45) is 0. The predicted octanol–water partition coefficient (Wildman–Crippen LogP) is 1.72. The Morgan fingerprint density at radius 3 is 2.31 bits per heavy atom. The Morgan fingerprint density at radius 1 is 1.00 bits per heavy atom. The second-order valence-electron chi connectivity index (χ2n) is 2.49. The maximum absolute atomic E-state index is 5.42. The van der Waals surface area contributed by atoms with Gasteiger partial charge in [0.1, 0.15) is 6.61 Å². The van der Waals surface area contributed by atoms with Crippen LogP contribution in [0.2, 0.25) is 0 Å². The summed E-state index contributed by atoms with van der Waals surface area (Å²) in [6, 6.07) is 7.54. The van der Waals surface area contributed by atoms with Gasteiger partial charge in [0.25, 0.3) is 0 Å². The third kappa shape index (κ3) is 2.95. The Morgan fingerprint density at radius 2 is 1.69 bits per heavy atom. The molecule has 0 radical (unpaired) electrons. The molecule has 0 spiro atoms. The first kappa shape index (κ1) is 9.86. The van der Waals surface area contributed by atoms with E-state index in [2.05, 4.69) is 0 Å². The summed E-state index contributed by atoms with van der Waals surface area (Å²) in [7, 11) is 3.27. The van der Waals surface area contributed by atoms with Crippen LogP contribution in [0.4, 0.5) is 0 Å². The van der Waals surface area contributed by atoms with E-state index in [9.17, 15) is 0 Å². The fourth-order valence-corrected chi connectivity index (χ4v) is 0.973. The molecule has 0 saturated heterocycles. The smallest absolute Gasteiger partial charge is 0.161 e. The molecule has 0 heterocycles. The fourth-order valence-electron chi connectivity index (χ4n) is 0.973. The lowest BCUT2D eigenvalue weighted by molar-refractivity contribution is 0.144. The van der Waals surface area contributed by atoms with E-state index in [1.165, 1.54) is 0 Å². The van der Waals surface area contributed by atoms with Crippen LogP contribution in [0.3, 0.4) is 0 Å². The summed E-state index contributed by atoms with van der Waals surface area (Å²) >= 11 is 0. The molecular weight excluding hydrogens is 168 g/mol. The van der Waals surface area contributed by atoms with Crippen LogP contribution in [-0.4, -0.2) is 27.4 Å². The molecular formula is C10H14O3. The van der Waals surface area contributed by atoms with E-state index in [1.807, 2.05) is 24.3 Å². The molecule has 0 aliphatic carbocycles. The van der Waals surface area contributed by atoms with Crippen molar-refractivity contribution in [3.05, 3.63) is 24.3 Å². The van der Waals surface area contributed by atoms with E-state index < -0.39 is 0 Å². The van der Waals surface area contributed by atoms with Gasteiger partial charge < -0.3 is 14.2 Å². The van der Waals surface area contributed by atoms with Crippen molar-refractivity contribution in [2.75, 3.05) is 27.4 Å². The number of benzene rings is 1. The van der Waals surface area contributed by atoms with Crippen LogP contribution in [-0.2, 0) is 4.74 Å². The molecule has 3 heteroatoms. The third-order valence-electron chi connectivity index (χ3n) is 1.61.